The lowest BCUT2D eigenvalue weighted by Crippen LogP contribution is -2.28. The van der Waals surface area contributed by atoms with Crippen LogP contribution in [0.3, 0.4) is 0 Å². The first-order valence-electron chi connectivity index (χ1n) is 5.25. The van der Waals surface area contributed by atoms with Crippen molar-refractivity contribution in [3.05, 3.63) is 35.4 Å². The van der Waals surface area contributed by atoms with Crippen LogP contribution < -0.4 is 10.5 Å². The van der Waals surface area contributed by atoms with E-state index in [-0.39, 0.29) is 5.70 Å². The van der Waals surface area contributed by atoms with E-state index in [2.05, 4.69) is 0 Å². The molecule has 1 unspecified atom stereocenters. The molecule has 0 bridgehead atoms. The molecule has 3 N–H and O–H groups in total. The average Bonchev–Trinajstić information content (AvgIpc) is 2.59. The van der Waals surface area contributed by atoms with Gasteiger partial charge in [0.2, 0.25) is 6.29 Å². The van der Waals surface area contributed by atoms with E-state index in [4.69, 9.17) is 14.9 Å². The van der Waals surface area contributed by atoms with Crippen LogP contribution in [0.15, 0.2) is 28.3 Å². The fourth-order valence-corrected chi connectivity index (χ4v) is 1.62. The zero-order valence-electron chi connectivity index (χ0n) is 9.36. The van der Waals surface area contributed by atoms with E-state index in [1.165, 1.54) is 0 Å². The molecule has 1 atom stereocenters. The van der Waals surface area contributed by atoms with E-state index < -0.39 is 6.29 Å². The normalized spacial score (nSPS) is 20.1. The highest BCUT2D eigenvalue weighted by Gasteiger charge is 2.27. The van der Waals surface area contributed by atoms with Gasteiger partial charge in [0.1, 0.15) is 5.76 Å². The number of hydrogen-bond acceptors (Lipinski definition) is 4. The molecule has 1 aromatic rings. The van der Waals surface area contributed by atoms with Gasteiger partial charge in [-0.2, -0.15) is 0 Å². The largest absolute Gasteiger partial charge is 0.457 e. The number of rotatable bonds is 2. The Morgan fingerprint density at radius 1 is 1.56 bits per heavy atom. The molecule has 0 radical (unpaired) electrons. The lowest BCUT2D eigenvalue weighted by Gasteiger charge is -2.20. The second-order valence-corrected chi connectivity index (χ2v) is 3.70. The van der Waals surface area contributed by atoms with Crippen LogP contribution in [-0.4, -0.2) is 11.4 Å². The van der Waals surface area contributed by atoms with Crippen molar-refractivity contribution in [2.75, 3.05) is 0 Å². The second-order valence-electron chi connectivity index (χ2n) is 3.70. The zero-order valence-corrected chi connectivity index (χ0v) is 9.36. The number of furan rings is 1. The minimum atomic E-state index is -1.10. The van der Waals surface area contributed by atoms with Crippen LogP contribution in [0, 0.1) is 6.92 Å². The summed E-state index contributed by atoms with van der Waals surface area (Å²) in [6.07, 6.45) is 3.61. The van der Waals surface area contributed by atoms with Gasteiger partial charge in [0.25, 0.3) is 0 Å². The highest BCUT2D eigenvalue weighted by molar-refractivity contribution is 5.78. The first-order valence-corrected chi connectivity index (χ1v) is 5.25. The smallest absolute Gasteiger partial charge is 0.239 e. The third-order valence-corrected chi connectivity index (χ3v) is 2.40. The van der Waals surface area contributed by atoms with Crippen molar-refractivity contribution in [2.45, 2.75) is 26.6 Å². The first kappa shape index (κ1) is 10.8. The van der Waals surface area contributed by atoms with E-state index in [0.29, 0.717) is 17.1 Å². The van der Waals surface area contributed by atoms with Gasteiger partial charge in [-0.25, -0.2) is 0 Å². The molecular weight excluding hydrogens is 206 g/mol. The van der Waals surface area contributed by atoms with Crippen LogP contribution in [0.25, 0.3) is 5.57 Å². The summed E-state index contributed by atoms with van der Waals surface area (Å²) in [5, 5.41) is 9.62. The number of ether oxygens (including phenoxy) is 1. The number of hydrogen-bond donors (Lipinski definition) is 2. The molecule has 0 aliphatic carbocycles. The molecular formula is C12H15NO3. The van der Waals surface area contributed by atoms with Crippen LogP contribution in [0.5, 0.6) is 5.75 Å². The summed E-state index contributed by atoms with van der Waals surface area (Å²) in [7, 11) is 0. The van der Waals surface area contributed by atoms with Gasteiger partial charge in [-0.15, -0.1) is 0 Å². The molecule has 16 heavy (non-hydrogen) atoms. The Morgan fingerprint density at radius 3 is 3.00 bits per heavy atom. The summed E-state index contributed by atoms with van der Waals surface area (Å²) in [4.78, 5) is 0. The third kappa shape index (κ3) is 1.72. The third-order valence-electron chi connectivity index (χ3n) is 2.40. The predicted octanol–water partition coefficient (Wildman–Crippen LogP) is 1.93. The molecule has 0 aromatic carbocycles. The molecule has 4 heteroatoms. The minimum Gasteiger partial charge on any atom is -0.457 e. The fourth-order valence-electron chi connectivity index (χ4n) is 1.62. The zero-order chi connectivity index (χ0) is 11.7. The molecule has 0 saturated heterocycles. The number of aliphatic hydroxyl groups excluding tert-OH is 1. The van der Waals surface area contributed by atoms with Crippen molar-refractivity contribution in [3.63, 3.8) is 0 Å². The maximum atomic E-state index is 9.62. The van der Waals surface area contributed by atoms with Gasteiger partial charge in [0.05, 0.1) is 5.70 Å². The Kier molecular flexibility index (Phi) is 2.75. The molecule has 0 amide bonds. The van der Waals surface area contributed by atoms with Gasteiger partial charge in [-0.3, -0.25) is 0 Å². The first-order chi connectivity index (χ1) is 7.63. The molecule has 2 heterocycles. The SMILES string of the molecule is CC/C=C\C1=C(N)C(O)Oc2cc(C)oc21. The van der Waals surface area contributed by atoms with Crippen molar-refractivity contribution in [1.29, 1.82) is 0 Å². The Balaban J connectivity index is 2.50. The predicted molar refractivity (Wildman–Crippen MR) is 60.6 cm³/mol. The van der Waals surface area contributed by atoms with E-state index in [9.17, 15) is 5.11 Å². The van der Waals surface area contributed by atoms with Crippen LogP contribution >= 0.6 is 0 Å². The molecule has 1 aliphatic heterocycles. The Hall–Kier alpha value is -1.68. The maximum absolute atomic E-state index is 9.62. The van der Waals surface area contributed by atoms with Gasteiger partial charge in [0.15, 0.2) is 11.5 Å². The molecule has 1 aliphatic rings. The van der Waals surface area contributed by atoms with Crippen LogP contribution in [0.2, 0.25) is 0 Å². The standard InChI is InChI=1S/C12H15NO3/c1-3-4-5-8-10(13)12(14)16-9-6-7(2)15-11(8)9/h4-6,12,14H,3,13H2,1-2H3/b5-4-. The summed E-state index contributed by atoms with van der Waals surface area (Å²) in [6, 6.07) is 1.74. The molecule has 86 valence electrons. The van der Waals surface area contributed by atoms with E-state index >= 15 is 0 Å². The Labute approximate surface area is 94.0 Å². The van der Waals surface area contributed by atoms with Crippen molar-refractivity contribution >= 4 is 5.57 Å². The molecule has 0 spiro atoms. The Morgan fingerprint density at radius 2 is 2.31 bits per heavy atom. The summed E-state index contributed by atoms with van der Waals surface area (Å²) in [6.45, 7) is 3.85. The molecule has 4 nitrogen and oxygen atoms in total. The van der Waals surface area contributed by atoms with Gasteiger partial charge < -0.3 is 20.0 Å². The number of aryl methyl sites for hydroxylation is 1. The van der Waals surface area contributed by atoms with Crippen LogP contribution in [0.1, 0.15) is 24.9 Å². The van der Waals surface area contributed by atoms with Gasteiger partial charge in [-0.05, 0) is 13.3 Å². The van der Waals surface area contributed by atoms with E-state index in [1.807, 2.05) is 26.0 Å². The van der Waals surface area contributed by atoms with Crippen LogP contribution in [0.4, 0.5) is 0 Å². The highest BCUT2D eigenvalue weighted by atomic mass is 16.6. The number of fused-ring (bicyclic) bond motifs is 1. The molecule has 1 aromatic heterocycles. The quantitative estimate of drug-likeness (QED) is 0.800. The van der Waals surface area contributed by atoms with Crippen molar-refractivity contribution in [2.24, 2.45) is 5.73 Å². The molecule has 0 saturated carbocycles. The monoisotopic (exact) mass is 221 g/mol. The van der Waals surface area contributed by atoms with E-state index in [1.54, 1.807) is 6.07 Å². The second kappa shape index (κ2) is 4.06. The van der Waals surface area contributed by atoms with Gasteiger partial charge >= 0.3 is 0 Å². The average molecular weight is 221 g/mol. The van der Waals surface area contributed by atoms with Crippen molar-refractivity contribution < 1.29 is 14.3 Å². The highest BCUT2D eigenvalue weighted by Crippen LogP contribution is 2.36. The minimum absolute atomic E-state index is 0.284. The number of allylic oxidation sites excluding steroid dienone is 3. The van der Waals surface area contributed by atoms with Gasteiger partial charge in [0, 0.05) is 11.6 Å². The molecule has 2 rings (SSSR count). The summed E-state index contributed by atoms with van der Waals surface area (Å²) in [5.41, 5.74) is 6.76. The summed E-state index contributed by atoms with van der Waals surface area (Å²) in [5.74, 6) is 1.86. The lowest BCUT2D eigenvalue weighted by atomic mass is 10.1. The Bertz CT molecular complexity index is 457. The topological polar surface area (TPSA) is 68.6 Å². The lowest BCUT2D eigenvalue weighted by molar-refractivity contribution is 0.0102. The fraction of sp³-hybridized carbons (Fsp3) is 0.333. The van der Waals surface area contributed by atoms with Crippen molar-refractivity contribution in [1.82, 2.24) is 0 Å². The molecule has 0 fully saturated rings. The summed E-state index contributed by atoms with van der Waals surface area (Å²) < 4.78 is 10.7. The maximum Gasteiger partial charge on any atom is 0.239 e. The van der Waals surface area contributed by atoms with Crippen LogP contribution in [-0.2, 0) is 0 Å². The van der Waals surface area contributed by atoms with Crippen molar-refractivity contribution in [3.8, 4) is 5.75 Å². The number of aliphatic hydroxyl groups is 1. The summed E-state index contributed by atoms with van der Waals surface area (Å²) >= 11 is 0. The van der Waals surface area contributed by atoms with E-state index in [0.717, 1.165) is 12.2 Å². The van der Waals surface area contributed by atoms with Gasteiger partial charge in [-0.1, -0.05) is 19.1 Å². The number of nitrogens with two attached hydrogens (primary N) is 1.